The van der Waals surface area contributed by atoms with Crippen LogP contribution >= 0.6 is 0 Å². The van der Waals surface area contributed by atoms with E-state index < -0.39 is 0 Å². The normalized spacial score (nSPS) is 21.1. The molecule has 1 amide bonds. The summed E-state index contributed by atoms with van der Waals surface area (Å²) in [6, 6.07) is 8.05. The van der Waals surface area contributed by atoms with E-state index in [1.165, 1.54) is 5.56 Å². The third kappa shape index (κ3) is 2.18. The van der Waals surface area contributed by atoms with Crippen molar-refractivity contribution in [1.29, 1.82) is 0 Å². The van der Waals surface area contributed by atoms with Crippen molar-refractivity contribution in [3.63, 3.8) is 0 Å². The van der Waals surface area contributed by atoms with Crippen LogP contribution < -0.4 is 10.6 Å². The molecular formula is C12H16N2O. The van der Waals surface area contributed by atoms with E-state index in [1.807, 2.05) is 12.1 Å². The number of aryl methyl sites for hydroxylation is 1. The van der Waals surface area contributed by atoms with Crippen LogP contribution in [0.3, 0.4) is 0 Å². The van der Waals surface area contributed by atoms with Crippen LogP contribution in [0, 0.1) is 0 Å². The minimum atomic E-state index is -0.176. The number of carbonyl (C=O) groups is 1. The van der Waals surface area contributed by atoms with Gasteiger partial charge in [0, 0.05) is 13.1 Å². The SMILES string of the molecule is CCc1ccc([C@H]2NCCNC2=O)cc1. The van der Waals surface area contributed by atoms with Crippen molar-refractivity contribution in [2.24, 2.45) is 0 Å². The predicted molar refractivity (Wildman–Crippen MR) is 59.6 cm³/mol. The van der Waals surface area contributed by atoms with E-state index in [0.717, 1.165) is 25.1 Å². The molecule has 0 bridgehead atoms. The first-order chi connectivity index (χ1) is 7.31. The molecule has 3 nitrogen and oxygen atoms in total. The molecule has 1 aliphatic rings. The maximum absolute atomic E-state index is 11.6. The van der Waals surface area contributed by atoms with Crippen molar-refractivity contribution in [2.45, 2.75) is 19.4 Å². The lowest BCUT2D eigenvalue weighted by atomic mass is 10.0. The summed E-state index contributed by atoms with van der Waals surface area (Å²) in [4.78, 5) is 11.6. The molecule has 1 saturated heterocycles. The Balaban J connectivity index is 2.17. The molecule has 1 aliphatic heterocycles. The highest BCUT2D eigenvalue weighted by atomic mass is 16.2. The van der Waals surface area contributed by atoms with Crippen molar-refractivity contribution in [1.82, 2.24) is 10.6 Å². The number of amides is 1. The van der Waals surface area contributed by atoms with Gasteiger partial charge in [0.2, 0.25) is 5.91 Å². The Morgan fingerprint density at radius 1 is 1.27 bits per heavy atom. The van der Waals surface area contributed by atoms with Crippen LogP contribution in [0.25, 0.3) is 0 Å². The van der Waals surface area contributed by atoms with Gasteiger partial charge in [-0.1, -0.05) is 31.2 Å². The van der Waals surface area contributed by atoms with Crippen LogP contribution in [0.15, 0.2) is 24.3 Å². The smallest absolute Gasteiger partial charge is 0.241 e. The van der Waals surface area contributed by atoms with Gasteiger partial charge >= 0.3 is 0 Å². The summed E-state index contributed by atoms with van der Waals surface area (Å²) in [5, 5.41) is 6.07. The number of nitrogens with one attached hydrogen (secondary N) is 2. The van der Waals surface area contributed by atoms with E-state index in [0.29, 0.717) is 0 Å². The van der Waals surface area contributed by atoms with Crippen molar-refractivity contribution < 1.29 is 4.79 Å². The highest BCUT2D eigenvalue weighted by molar-refractivity contribution is 5.83. The molecule has 0 aromatic heterocycles. The monoisotopic (exact) mass is 204 g/mol. The minimum Gasteiger partial charge on any atom is -0.353 e. The molecule has 0 saturated carbocycles. The fraction of sp³-hybridized carbons (Fsp3) is 0.417. The third-order valence-corrected chi connectivity index (χ3v) is 2.76. The number of piperazine rings is 1. The topological polar surface area (TPSA) is 41.1 Å². The first kappa shape index (κ1) is 10.2. The van der Waals surface area contributed by atoms with Crippen LogP contribution in [0.4, 0.5) is 0 Å². The quantitative estimate of drug-likeness (QED) is 0.755. The van der Waals surface area contributed by atoms with Gasteiger partial charge in [-0.05, 0) is 17.5 Å². The van der Waals surface area contributed by atoms with Crippen molar-refractivity contribution in [2.75, 3.05) is 13.1 Å². The van der Waals surface area contributed by atoms with E-state index >= 15 is 0 Å². The van der Waals surface area contributed by atoms with Gasteiger partial charge in [-0.3, -0.25) is 4.79 Å². The second-order valence-corrected chi connectivity index (χ2v) is 3.77. The van der Waals surface area contributed by atoms with Crippen LogP contribution in [0.5, 0.6) is 0 Å². The molecule has 80 valence electrons. The summed E-state index contributed by atoms with van der Waals surface area (Å²) >= 11 is 0. The van der Waals surface area contributed by atoms with Crippen LogP contribution in [-0.2, 0) is 11.2 Å². The van der Waals surface area contributed by atoms with Gasteiger partial charge in [0.15, 0.2) is 0 Å². The summed E-state index contributed by atoms with van der Waals surface area (Å²) in [7, 11) is 0. The van der Waals surface area contributed by atoms with Gasteiger partial charge in [-0.25, -0.2) is 0 Å². The van der Waals surface area contributed by atoms with Gasteiger partial charge in [0.1, 0.15) is 6.04 Å². The Labute approximate surface area is 89.9 Å². The zero-order chi connectivity index (χ0) is 10.7. The molecule has 1 fully saturated rings. The van der Waals surface area contributed by atoms with Crippen LogP contribution in [0.1, 0.15) is 24.1 Å². The summed E-state index contributed by atoms with van der Waals surface area (Å²) in [5.74, 6) is 0.0745. The molecule has 1 aromatic carbocycles. The molecule has 0 aliphatic carbocycles. The Morgan fingerprint density at radius 2 is 2.00 bits per heavy atom. The van der Waals surface area contributed by atoms with Gasteiger partial charge in [-0.15, -0.1) is 0 Å². The Hall–Kier alpha value is -1.35. The maximum atomic E-state index is 11.6. The lowest BCUT2D eigenvalue weighted by molar-refractivity contribution is -0.124. The van der Waals surface area contributed by atoms with Gasteiger partial charge in [-0.2, -0.15) is 0 Å². The molecule has 1 atom stereocenters. The fourth-order valence-corrected chi connectivity index (χ4v) is 1.81. The van der Waals surface area contributed by atoms with Crippen LogP contribution in [0.2, 0.25) is 0 Å². The van der Waals surface area contributed by atoms with Gasteiger partial charge < -0.3 is 10.6 Å². The first-order valence-corrected chi connectivity index (χ1v) is 5.41. The number of benzene rings is 1. The number of hydrogen-bond acceptors (Lipinski definition) is 2. The average molecular weight is 204 g/mol. The highest BCUT2D eigenvalue weighted by Crippen LogP contribution is 2.15. The van der Waals surface area contributed by atoms with E-state index in [1.54, 1.807) is 0 Å². The molecule has 1 heterocycles. The molecule has 0 unspecified atom stereocenters. The average Bonchev–Trinajstić information content (AvgIpc) is 2.30. The Morgan fingerprint density at radius 3 is 2.60 bits per heavy atom. The summed E-state index contributed by atoms with van der Waals surface area (Å²) < 4.78 is 0. The number of hydrogen-bond donors (Lipinski definition) is 2. The predicted octanol–water partition coefficient (Wildman–Crippen LogP) is 1.01. The largest absolute Gasteiger partial charge is 0.353 e. The summed E-state index contributed by atoms with van der Waals surface area (Å²) in [5.41, 5.74) is 2.35. The van der Waals surface area contributed by atoms with E-state index in [9.17, 15) is 4.79 Å². The second kappa shape index (κ2) is 4.45. The maximum Gasteiger partial charge on any atom is 0.241 e. The molecule has 0 radical (unpaired) electrons. The first-order valence-electron chi connectivity index (χ1n) is 5.41. The van der Waals surface area contributed by atoms with Gasteiger partial charge in [0.25, 0.3) is 0 Å². The Bertz CT molecular complexity index is 345. The van der Waals surface area contributed by atoms with E-state index in [4.69, 9.17) is 0 Å². The molecule has 0 spiro atoms. The highest BCUT2D eigenvalue weighted by Gasteiger charge is 2.22. The summed E-state index contributed by atoms with van der Waals surface area (Å²) in [6.45, 7) is 3.69. The molecule has 2 N–H and O–H groups in total. The molecule has 2 rings (SSSR count). The minimum absolute atomic E-state index is 0.0745. The molecule has 3 heteroatoms. The van der Waals surface area contributed by atoms with Crippen molar-refractivity contribution >= 4 is 5.91 Å². The van der Waals surface area contributed by atoms with E-state index in [-0.39, 0.29) is 11.9 Å². The van der Waals surface area contributed by atoms with Crippen LogP contribution in [-0.4, -0.2) is 19.0 Å². The molecule has 1 aromatic rings. The number of carbonyl (C=O) groups excluding carboxylic acids is 1. The Kier molecular flexibility index (Phi) is 3.02. The lowest BCUT2D eigenvalue weighted by Gasteiger charge is -2.23. The van der Waals surface area contributed by atoms with Gasteiger partial charge in [0.05, 0.1) is 0 Å². The fourth-order valence-electron chi connectivity index (χ4n) is 1.81. The molecule has 15 heavy (non-hydrogen) atoms. The van der Waals surface area contributed by atoms with Crippen molar-refractivity contribution in [3.05, 3.63) is 35.4 Å². The number of rotatable bonds is 2. The second-order valence-electron chi connectivity index (χ2n) is 3.77. The zero-order valence-corrected chi connectivity index (χ0v) is 8.92. The van der Waals surface area contributed by atoms with E-state index in [2.05, 4.69) is 29.7 Å². The van der Waals surface area contributed by atoms with Crippen molar-refractivity contribution in [3.8, 4) is 0 Å². The third-order valence-electron chi connectivity index (χ3n) is 2.76. The standard InChI is InChI=1S/C12H16N2O/c1-2-9-3-5-10(6-4-9)11-12(15)14-8-7-13-11/h3-6,11,13H,2,7-8H2,1H3,(H,14,15)/t11-/m1/s1. The lowest BCUT2D eigenvalue weighted by Crippen LogP contribution is -2.47. The zero-order valence-electron chi connectivity index (χ0n) is 8.92. The summed E-state index contributed by atoms with van der Waals surface area (Å²) in [6.07, 6.45) is 1.03. The molecular weight excluding hydrogens is 188 g/mol.